The molecule has 6 atom stereocenters. The standard InChI is InChI=1S/C45H57N5O6/c1-6-7-11-18-31(4)44(28-46)27-45(29-56-26-34-21-14-9-15-22-34,43(55)49-32(5)35-23-16-10-17-24-35)39(51)36(40(47)52)37(44)41(53)50-38(30(2)3)42(54)48-25-33-19-12-8-13-20-33/h8-10,12-17,19-24,30-32,38-39,51H,6-7,11,18,25-27,29H2,1-5H3,(H2,47,52)(H,48,54)(H,49,55)(H,50,53). The first-order valence-corrected chi connectivity index (χ1v) is 19.5. The summed E-state index contributed by atoms with van der Waals surface area (Å²) in [6.07, 6.45) is 0.600. The van der Waals surface area contributed by atoms with Crippen LogP contribution in [0, 0.1) is 34.0 Å². The van der Waals surface area contributed by atoms with Gasteiger partial charge in [-0.25, -0.2) is 0 Å². The van der Waals surface area contributed by atoms with Crippen molar-refractivity contribution >= 4 is 23.6 Å². The molecule has 56 heavy (non-hydrogen) atoms. The molecule has 11 nitrogen and oxygen atoms in total. The second-order valence-corrected chi connectivity index (χ2v) is 15.4. The number of ether oxygens (including phenoxy) is 1. The van der Waals surface area contributed by atoms with E-state index in [2.05, 4.69) is 22.0 Å². The fraction of sp³-hybridized carbons (Fsp3) is 0.444. The van der Waals surface area contributed by atoms with Crippen LogP contribution in [0.4, 0.5) is 0 Å². The third kappa shape index (κ3) is 10.1. The summed E-state index contributed by atoms with van der Waals surface area (Å²) < 4.78 is 6.21. The van der Waals surface area contributed by atoms with Crippen molar-refractivity contribution in [1.29, 1.82) is 5.26 Å². The van der Waals surface area contributed by atoms with Gasteiger partial charge >= 0.3 is 0 Å². The third-order valence-electron chi connectivity index (χ3n) is 11.0. The molecule has 4 rings (SSSR count). The van der Waals surface area contributed by atoms with Crippen molar-refractivity contribution in [3.05, 3.63) is 119 Å². The quantitative estimate of drug-likeness (QED) is 0.0957. The number of amides is 4. The molecule has 0 saturated heterocycles. The average molecular weight is 764 g/mol. The van der Waals surface area contributed by atoms with E-state index < -0.39 is 76.7 Å². The summed E-state index contributed by atoms with van der Waals surface area (Å²) in [4.78, 5) is 56.9. The number of carbonyl (C=O) groups is 4. The zero-order chi connectivity index (χ0) is 40.9. The Bertz CT molecular complexity index is 1860. The van der Waals surface area contributed by atoms with Crippen molar-refractivity contribution in [1.82, 2.24) is 16.0 Å². The molecule has 0 aliphatic heterocycles. The number of primary amides is 1. The predicted octanol–water partition coefficient (Wildman–Crippen LogP) is 5.80. The van der Waals surface area contributed by atoms with Crippen molar-refractivity contribution in [2.45, 2.75) is 98.1 Å². The highest BCUT2D eigenvalue weighted by molar-refractivity contribution is 6.09. The van der Waals surface area contributed by atoms with Gasteiger partial charge in [-0.1, -0.05) is 138 Å². The smallest absolute Gasteiger partial charge is 0.250 e. The van der Waals surface area contributed by atoms with Gasteiger partial charge in [0.05, 0.1) is 36.3 Å². The molecule has 3 aromatic rings. The molecule has 0 aromatic heterocycles. The lowest BCUT2D eigenvalue weighted by molar-refractivity contribution is -0.151. The number of nitrogens with one attached hydrogen (secondary N) is 3. The Hall–Kier alpha value is -5.31. The van der Waals surface area contributed by atoms with Crippen LogP contribution >= 0.6 is 0 Å². The number of carbonyl (C=O) groups excluding carboxylic acids is 4. The van der Waals surface area contributed by atoms with Crippen molar-refractivity contribution in [3.8, 4) is 6.07 Å². The van der Waals surface area contributed by atoms with Gasteiger partial charge in [0, 0.05) is 12.1 Å². The van der Waals surface area contributed by atoms with Crippen LogP contribution in [0.15, 0.2) is 102 Å². The number of rotatable bonds is 19. The number of nitrogens with zero attached hydrogens (tertiary/aromatic N) is 1. The van der Waals surface area contributed by atoms with Gasteiger partial charge in [0.25, 0.3) is 0 Å². The van der Waals surface area contributed by atoms with Crippen LogP contribution in [0.2, 0.25) is 0 Å². The summed E-state index contributed by atoms with van der Waals surface area (Å²) in [5.74, 6) is -4.17. The minimum Gasteiger partial charge on any atom is -0.387 e. The van der Waals surface area contributed by atoms with Crippen molar-refractivity contribution in [3.63, 3.8) is 0 Å². The Kier molecular flexibility index (Phi) is 15.5. The molecular weight excluding hydrogens is 707 g/mol. The number of hydrogen-bond donors (Lipinski definition) is 5. The lowest BCUT2D eigenvalue weighted by atomic mass is 9.53. The third-order valence-corrected chi connectivity index (χ3v) is 11.0. The summed E-state index contributed by atoms with van der Waals surface area (Å²) in [6.45, 7) is 9.08. The van der Waals surface area contributed by atoms with E-state index in [1.165, 1.54) is 0 Å². The average Bonchev–Trinajstić information content (AvgIpc) is 3.20. The van der Waals surface area contributed by atoms with E-state index in [1.54, 1.807) is 20.8 Å². The van der Waals surface area contributed by atoms with Gasteiger partial charge in [-0.3, -0.25) is 19.2 Å². The monoisotopic (exact) mass is 763 g/mol. The van der Waals surface area contributed by atoms with E-state index >= 15 is 0 Å². The van der Waals surface area contributed by atoms with E-state index in [0.29, 0.717) is 12.8 Å². The number of aliphatic hydroxyl groups is 1. The van der Waals surface area contributed by atoms with Crippen molar-refractivity contribution < 1.29 is 29.0 Å². The summed E-state index contributed by atoms with van der Waals surface area (Å²) in [6, 6.07) is 28.6. The second kappa shape index (κ2) is 20.0. The number of unbranched alkanes of at least 4 members (excludes halogenated alkanes) is 2. The molecule has 0 heterocycles. The predicted molar refractivity (Wildman–Crippen MR) is 215 cm³/mol. The van der Waals surface area contributed by atoms with E-state index in [0.717, 1.165) is 29.5 Å². The molecule has 1 aliphatic rings. The molecule has 6 unspecified atom stereocenters. The first-order chi connectivity index (χ1) is 26.8. The highest BCUT2D eigenvalue weighted by atomic mass is 16.5. The molecule has 1 aliphatic carbocycles. The molecule has 0 spiro atoms. The zero-order valence-electron chi connectivity index (χ0n) is 33.2. The van der Waals surface area contributed by atoms with Crippen LogP contribution in [0.1, 0.15) is 89.5 Å². The minimum absolute atomic E-state index is 0.0690. The van der Waals surface area contributed by atoms with Crippen LogP contribution in [-0.2, 0) is 37.1 Å². The maximum absolute atomic E-state index is 14.8. The first-order valence-electron chi connectivity index (χ1n) is 19.5. The summed E-state index contributed by atoms with van der Waals surface area (Å²) in [5.41, 5.74) is 3.92. The van der Waals surface area contributed by atoms with Gasteiger partial charge in [-0.05, 0) is 48.3 Å². The van der Waals surface area contributed by atoms with Crippen LogP contribution in [0.25, 0.3) is 0 Å². The Morgan fingerprint density at radius 1 is 0.893 bits per heavy atom. The summed E-state index contributed by atoms with van der Waals surface area (Å²) in [7, 11) is 0. The molecule has 0 fully saturated rings. The first kappa shape index (κ1) is 43.4. The molecule has 0 bridgehead atoms. The number of aliphatic hydroxyl groups excluding tert-OH is 1. The van der Waals surface area contributed by atoms with Crippen molar-refractivity contribution in [2.75, 3.05) is 6.61 Å². The molecule has 6 N–H and O–H groups in total. The Balaban J connectivity index is 1.85. The largest absolute Gasteiger partial charge is 0.387 e. The maximum Gasteiger partial charge on any atom is 0.250 e. The van der Waals surface area contributed by atoms with Gasteiger partial charge in [0.1, 0.15) is 17.6 Å². The lowest BCUT2D eigenvalue weighted by Crippen LogP contribution is -2.62. The number of benzene rings is 3. The minimum atomic E-state index is -1.95. The lowest BCUT2D eigenvalue weighted by Gasteiger charge is -2.50. The highest BCUT2D eigenvalue weighted by Crippen LogP contribution is 2.55. The molecular formula is C45H57N5O6. The molecule has 3 aromatic carbocycles. The molecule has 4 amide bonds. The van der Waals surface area contributed by atoms with E-state index in [-0.39, 0.29) is 25.1 Å². The topological polar surface area (TPSA) is 184 Å². The van der Waals surface area contributed by atoms with Gasteiger partial charge < -0.3 is 31.5 Å². The normalized spacial score (nSPS) is 21.0. The van der Waals surface area contributed by atoms with Crippen LogP contribution in [-0.4, -0.2) is 47.5 Å². The summed E-state index contributed by atoms with van der Waals surface area (Å²) >= 11 is 0. The summed E-state index contributed by atoms with van der Waals surface area (Å²) in [5, 5.41) is 32.5. The molecule has 0 saturated carbocycles. The fourth-order valence-electron chi connectivity index (χ4n) is 7.63. The van der Waals surface area contributed by atoms with Gasteiger partial charge in [0.15, 0.2) is 0 Å². The fourth-order valence-corrected chi connectivity index (χ4v) is 7.63. The van der Waals surface area contributed by atoms with E-state index in [1.807, 2.05) is 105 Å². The molecule has 0 radical (unpaired) electrons. The Labute approximate surface area is 331 Å². The molecule has 298 valence electrons. The van der Waals surface area contributed by atoms with Crippen LogP contribution in [0.3, 0.4) is 0 Å². The van der Waals surface area contributed by atoms with Gasteiger partial charge in [-0.15, -0.1) is 0 Å². The number of nitriles is 1. The second-order valence-electron chi connectivity index (χ2n) is 15.4. The highest BCUT2D eigenvalue weighted by Gasteiger charge is 2.62. The van der Waals surface area contributed by atoms with E-state index in [9.17, 15) is 29.5 Å². The zero-order valence-corrected chi connectivity index (χ0v) is 33.2. The Morgan fingerprint density at radius 2 is 1.48 bits per heavy atom. The Morgan fingerprint density at radius 3 is 2.04 bits per heavy atom. The number of nitrogens with two attached hydrogens (primary N) is 1. The maximum atomic E-state index is 14.8. The van der Waals surface area contributed by atoms with Gasteiger partial charge in [-0.2, -0.15) is 5.26 Å². The van der Waals surface area contributed by atoms with Crippen LogP contribution < -0.4 is 21.7 Å². The van der Waals surface area contributed by atoms with Crippen LogP contribution in [0.5, 0.6) is 0 Å². The van der Waals surface area contributed by atoms with E-state index in [4.69, 9.17) is 10.5 Å². The number of hydrogen-bond acceptors (Lipinski definition) is 7. The van der Waals surface area contributed by atoms with Crippen molar-refractivity contribution in [2.24, 2.45) is 28.4 Å². The van der Waals surface area contributed by atoms with Gasteiger partial charge in [0.2, 0.25) is 23.6 Å². The SMILES string of the molecule is CCCCCC(C)C1(C#N)CC(COCc2ccccc2)(C(=O)NC(C)c2ccccc2)C(O)C(C(N)=O)=C1C(=O)NC(C(=O)NCc1ccccc1)C(C)C. The molecule has 11 heteroatoms.